The minimum atomic E-state index is -1.00. The molecule has 0 aliphatic rings. The molecule has 0 aromatic rings. The van der Waals surface area contributed by atoms with Crippen LogP contribution in [0.3, 0.4) is 0 Å². The number of carbonyl (C=O) groups is 2. The summed E-state index contributed by atoms with van der Waals surface area (Å²) in [6, 6.07) is -0.948. The van der Waals surface area contributed by atoms with Crippen LogP contribution in [-0.4, -0.2) is 23.0 Å². The van der Waals surface area contributed by atoms with E-state index in [4.69, 9.17) is 16.6 Å². The molecule has 0 unspecified atom stereocenters. The fourth-order valence-corrected chi connectivity index (χ4v) is 0.410. The molecule has 4 N–H and O–H groups in total. The maximum Gasteiger partial charge on any atom is 0.303 e. The molecule has 57 valence electrons. The molecule has 0 saturated heterocycles. The lowest BCUT2D eigenvalue weighted by atomic mass is 10.1. The highest BCUT2D eigenvalue weighted by Crippen LogP contribution is 1.93. The summed E-state index contributed by atoms with van der Waals surface area (Å²) in [5.74, 6) is -1.92. The van der Waals surface area contributed by atoms with Crippen molar-refractivity contribution in [1.82, 2.24) is 5.73 Å². The van der Waals surface area contributed by atoms with Crippen LogP contribution in [0.1, 0.15) is 12.8 Å². The van der Waals surface area contributed by atoms with Crippen molar-refractivity contribution >= 4 is 11.9 Å². The molecule has 10 heavy (non-hydrogen) atoms. The summed E-state index contributed by atoms with van der Waals surface area (Å²) in [5.41, 5.74) is 11.5. The number of amides is 1. The molecule has 0 aliphatic carbocycles. The Bertz CT molecular complexity index is 146. The van der Waals surface area contributed by atoms with E-state index < -0.39 is 17.9 Å². The van der Waals surface area contributed by atoms with Crippen LogP contribution in [0.25, 0.3) is 0 Å². The maximum absolute atomic E-state index is 10.1. The predicted octanol–water partition coefficient (Wildman–Crippen LogP) is -1.01. The number of nitrogens with two attached hydrogens (primary N) is 1. The quantitative estimate of drug-likeness (QED) is 0.528. The van der Waals surface area contributed by atoms with Gasteiger partial charge in [0.1, 0.15) is 0 Å². The lowest BCUT2D eigenvalue weighted by Gasteiger charge is -2.01. The van der Waals surface area contributed by atoms with Crippen LogP contribution in [-0.2, 0) is 9.59 Å². The Balaban J connectivity index is 3.49. The van der Waals surface area contributed by atoms with Gasteiger partial charge in [-0.05, 0) is 6.42 Å². The number of carboxylic acids is 1. The van der Waals surface area contributed by atoms with Gasteiger partial charge in [-0.2, -0.15) is 0 Å². The van der Waals surface area contributed by atoms with Gasteiger partial charge < -0.3 is 10.8 Å². The summed E-state index contributed by atoms with van der Waals surface area (Å²) >= 11 is 0. The second-order valence-electron chi connectivity index (χ2n) is 1.90. The number of hydrogen-bond acceptors (Lipinski definition) is 3. The van der Waals surface area contributed by atoms with Gasteiger partial charge in [-0.25, -0.2) is 0 Å². The second-order valence-corrected chi connectivity index (χ2v) is 1.90. The Kier molecular flexibility index (Phi) is 3.42. The van der Waals surface area contributed by atoms with E-state index in [2.05, 4.69) is 0 Å². The number of carbonyl (C=O) groups excluding carboxylic acids is 1. The molecule has 1 atom stereocenters. The van der Waals surface area contributed by atoms with Gasteiger partial charge in [0.2, 0.25) is 0 Å². The normalized spacial score (nSPS) is 12.5. The standard InChI is InChI=1S/C5H9N2O3/c6-3(5(7)10)1-2-4(8)9/h3,7H,1-2,6H2,(H,8,9)/t3-/m1/s1. The van der Waals surface area contributed by atoms with E-state index in [1.807, 2.05) is 0 Å². The number of rotatable bonds is 4. The molecule has 0 rings (SSSR count). The van der Waals surface area contributed by atoms with Gasteiger partial charge in [-0.15, -0.1) is 0 Å². The predicted molar refractivity (Wildman–Crippen MR) is 32.9 cm³/mol. The van der Waals surface area contributed by atoms with Crippen molar-refractivity contribution in [2.45, 2.75) is 18.9 Å². The maximum atomic E-state index is 10.1. The number of hydrogen-bond donors (Lipinski definition) is 2. The van der Waals surface area contributed by atoms with Crippen molar-refractivity contribution in [1.29, 1.82) is 0 Å². The molecule has 1 amide bonds. The molecule has 0 spiro atoms. The minimum absolute atomic E-state index is 0.0394. The number of aliphatic carboxylic acids is 1. The van der Waals surface area contributed by atoms with Crippen LogP contribution < -0.4 is 11.5 Å². The second kappa shape index (κ2) is 3.84. The van der Waals surface area contributed by atoms with Crippen molar-refractivity contribution in [2.24, 2.45) is 5.73 Å². The third-order valence-corrected chi connectivity index (χ3v) is 1.01. The fourth-order valence-electron chi connectivity index (χ4n) is 0.410. The first-order valence-corrected chi connectivity index (χ1v) is 2.77. The summed E-state index contributed by atoms with van der Waals surface area (Å²) in [4.78, 5) is 20.0. The molecular weight excluding hydrogens is 136 g/mol. The Morgan fingerprint density at radius 3 is 2.40 bits per heavy atom. The van der Waals surface area contributed by atoms with Crippen LogP contribution in [0.2, 0.25) is 0 Å². The summed E-state index contributed by atoms with van der Waals surface area (Å²) in [7, 11) is 0. The monoisotopic (exact) mass is 145 g/mol. The molecular formula is C5H9N2O3. The van der Waals surface area contributed by atoms with Gasteiger partial charge in [-0.3, -0.25) is 15.3 Å². The van der Waals surface area contributed by atoms with E-state index in [1.54, 1.807) is 0 Å². The first kappa shape index (κ1) is 8.90. The average molecular weight is 145 g/mol. The van der Waals surface area contributed by atoms with Gasteiger partial charge in [0.25, 0.3) is 5.91 Å². The molecule has 0 heterocycles. The third kappa shape index (κ3) is 3.85. The molecule has 0 bridgehead atoms. The molecule has 0 aromatic carbocycles. The summed E-state index contributed by atoms with van der Waals surface area (Å²) < 4.78 is 0. The van der Waals surface area contributed by atoms with Gasteiger partial charge in [0.05, 0.1) is 6.04 Å². The average Bonchev–Trinajstić information content (AvgIpc) is 1.82. The first-order valence-electron chi connectivity index (χ1n) is 2.77. The number of nitrogens with one attached hydrogen (secondary N) is 1. The van der Waals surface area contributed by atoms with Crippen molar-refractivity contribution in [3.05, 3.63) is 0 Å². The molecule has 0 fully saturated rings. The minimum Gasteiger partial charge on any atom is -0.481 e. The van der Waals surface area contributed by atoms with Crippen molar-refractivity contribution in [3.63, 3.8) is 0 Å². The lowest BCUT2D eigenvalue weighted by Crippen LogP contribution is -2.31. The highest BCUT2D eigenvalue weighted by atomic mass is 16.4. The third-order valence-electron chi connectivity index (χ3n) is 1.01. The molecule has 5 heteroatoms. The Morgan fingerprint density at radius 1 is 1.60 bits per heavy atom. The fraction of sp³-hybridized carbons (Fsp3) is 0.600. The van der Waals surface area contributed by atoms with E-state index in [-0.39, 0.29) is 12.8 Å². The summed E-state index contributed by atoms with van der Waals surface area (Å²) in [5, 5.41) is 8.12. The summed E-state index contributed by atoms with van der Waals surface area (Å²) in [6.45, 7) is 0. The Labute approximate surface area is 58.0 Å². The van der Waals surface area contributed by atoms with Crippen molar-refractivity contribution in [2.75, 3.05) is 0 Å². The van der Waals surface area contributed by atoms with Crippen LogP contribution in [0, 0.1) is 0 Å². The highest BCUT2D eigenvalue weighted by Gasteiger charge is 2.10. The number of carboxylic acid groups (broad SMARTS) is 1. The molecule has 0 aromatic heterocycles. The zero-order valence-electron chi connectivity index (χ0n) is 5.33. The van der Waals surface area contributed by atoms with Crippen LogP contribution >= 0.6 is 0 Å². The Hall–Kier alpha value is -1.10. The van der Waals surface area contributed by atoms with Gasteiger partial charge >= 0.3 is 5.97 Å². The van der Waals surface area contributed by atoms with Crippen molar-refractivity contribution in [3.8, 4) is 0 Å². The van der Waals surface area contributed by atoms with E-state index >= 15 is 0 Å². The molecule has 0 aliphatic heterocycles. The van der Waals surface area contributed by atoms with E-state index in [0.29, 0.717) is 0 Å². The first-order chi connectivity index (χ1) is 4.54. The molecule has 5 nitrogen and oxygen atoms in total. The molecule has 1 radical (unpaired) electrons. The molecule has 0 saturated carbocycles. The smallest absolute Gasteiger partial charge is 0.303 e. The largest absolute Gasteiger partial charge is 0.481 e. The SMILES string of the molecule is [NH]C(=O)[C@H](N)CCC(=O)O. The topological polar surface area (TPSA) is 104 Å². The van der Waals surface area contributed by atoms with Gasteiger partial charge in [-0.1, -0.05) is 0 Å². The van der Waals surface area contributed by atoms with Crippen LogP contribution in [0.15, 0.2) is 0 Å². The lowest BCUT2D eigenvalue weighted by molar-refractivity contribution is -0.137. The Morgan fingerprint density at radius 2 is 2.10 bits per heavy atom. The van der Waals surface area contributed by atoms with E-state index in [0.717, 1.165) is 0 Å². The van der Waals surface area contributed by atoms with Crippen LogP contribution in [0.4, 0.5) is 0 Å². The highest BCUT2D eigenvalue weighted by molar-refractivity contribution is 5.79. The summed E-state index contributed by atoms with van der Waals surface area (Å²) in [6.07, 6.45) is -0.122. The van der Waals surface area contributed by atoms with Crippen LogP contribution in [0.5, 0.6) is 0 Å². The van der Waals surface area contributed by atoms with E-state index in [9.17, 15) is 9.59 Å². The van der Waals surface area contributed by atoms with Gasteiger partial charge in [0, 0.05) is 6.42 Å². The van der Waals surface area contributed by atoms with Gasteiger partial charge in [0.15, 0.2) is 0 Å². The van der Waals surface area contributed by atoms with Crippen molar-refractivity contribution < 1.29 is 14.7 Å². The zero-order chi connectivity index (χ0) is 8.15. The van der Waals surface area contributed by atoms with E-state index in [1.165, 1.54) is 0 Å². The zero-order valence-corrected chi connectivity index (χ0v) is 5.33.